The number of rotatable bonds is 5. The van der Waals surface area contributed by atoms with Crippen LogP contribution in [0, 0.1) is 5.92 Å². The Bertz CT molecular complexity index is 506. The van der Waals surface area contributed by atoms with Gasteiger partial charge in [0, 0.05) is 0 Å². The molecule has 0 heterocycles. The number of ether oxygens (including phenoxy) is 1. The summed E-state index contributed by atoms with van der Waals surface area (Å²) in [6, 6.07) is 9.22. The van der Waals surface area contributed by atoms with Gasteiger partial charge in [0.05, 0.1) is 12.5 Å². The first-order valence-electron chi connectivity index (χ1n) is 7.45. The van der Waals surface area contributed by atoms with E-state index in [1.54, 1.807) is 0 Å². The fourth-order valence-electron chi connectivity index (χ4n) is 2.84. The lowest BCUT2D eigenvalue weighted by atomic mass is 9.63. The van der Waals surface area contributed by atoms with Crippen molar-refractivity contribution in [1.82, 2.24) is 5.32 Å². The van der Waals surface area contributed by atoms with Crippen LogP contribution in [0.2, 0.25) is 0 Å². The van der Waals surface area contributed by atoms with E-state index in [-0.39, 0.29) is 17.8 Å². The first-order valence-corrected chi connectivity index (χ1v) is 7.45. The van der Waals surface area contributed by atoms with Gasteiger partial charge in [-0.2, -0.15) is 0 Å². The minimum atomic E-state index is -0.594. The van der Waals surface area contributed by atoms with E-state index >= 15 is 0 Å². The molecular formula is C17H23NO3. The molecule has 21 heavy (non-hydrogen) atoms. The molecule has 1 amide bonds. The van der Waals surface area contributed by atoms with Crippen molar-refractivity contribution in [3.8, 4) is 0 Å². The zero-order chi connectivity index (χ0) is 15.5. The average Bonchev–Trinajstić information content (AvgIpc) is 2.43. The molecule has 4 nitrogen and oxygen atoms in total. The molecule has 1 fully saturated rings. The van der Waals surface area contributed by atoms with Gasteiger partial charge in [0.2, 0.25) is 5.91 Å². The molecule has 2 rings (SSSR count). The molecule has 1 saturated carbocycles. The van der Waals surface area contributed by atoms with Gasteiger partial charge in [-0.05, 0) is 24.3 Å². The molecule has 0 bridgehead atoms. The molecule has 1 aromatic rings. The first kappa shape index (κ1) is 15.5. The fourth-order valence-corrected chi connectivity index (χ4v) is 2.84. The monoisotopic (exact) mass is 289 g/mol. The van der Waals surface area contributed by atoms with Gasteiger partial charge >= 0.3 is 5.97 Å². The van der Waals surface area contributed by atoms with E-state index in [1.807, 2.05) is 44.2 Å². The van der Waals surface area contributed by atoms with Gasteiger partial charge in [-0.3, -0.25) is 4.79 Å². The summed E-state index contributed by atoms with van der Waals surface area (Å²) in [4.78, 5) is 24.6. The zero-order valence-corrected chi connectivity index (χ0v) is 12.9. The summed E-state index contributed by atoms with van der Waals surface area (Å²) in [5.74, 6) is -0.459. The SMILES string of the molecule is COC(=O)C(NC(=O)C1(c2ccccc2)CCC1)C(C)C. The maximum absolute atomic E-state index is 12.8. The van der Waals surface area contributed by atoms with Gasteiger partial charge in [-0.15, -0.1) is 0 Å². The summed E-state index contributed by atoms with van der Waals surface area (Å²) >= 11 is 0. The topological polar surface area (TPSA) is 55.4 Å². The number of nitrogens with one attached hydrogen (secondary N) is 1. The Morgan fingerprint density at radius 2 is 1.81 bits per heavy atom. The van der Waals surface area contributed by atoms with E-state index < -0.39 is 11.5 Å². The van der Waals surface area contributed by atoms with Crippen LogP contribution >= 0.6 is 0 Å². The van der Waals surface area contributed by atoms with Crippen LogP contribution in [0.25, 0.3) is 0 Å². The summed E-state index contributed by atoms with van der Waals surface area (Å²) in [5, 5.41) is 2.89. The fraction of sp³-hybridized carbons (Fsp3) is 0.529. The lowest BCUT2D eigenvalue weighted by Gasteiger charge is -2.41. The molecule has 114 valence electrons. The second kappa shape index (κ2) is 6.29. The predicted octanol–water partition coefficient (Wildman–Crippen LogP) is 2.42. The summed E-state index contributed by atoms with van der Waals surface area (Å²) in [6.07, 6.45) is 2.69. The summed E-state index contributed by atoms with van der Waals surface area (Å²) in [6.45, 7) is 3.80. The Kier molecular flexibility index (Phi) is 4.66. The third-order valence-electron chi connectivity index (χ3n) is 4.38. The van der Waals surface area contributed by atoms with Crippen LogP contribution in [0.1, 0.15) is 38.7 Å². The number of carbonyl (C=O) groups is 2. The molecule has 0 aromatic heterocycles. The van der Waals surface area contributed by atoms with Gasteiger partial charge in [-0.1, -0.05) is 50.6 Å². The van der Waals surface area contributed by atoms with Crippen molar-refractivity contribution in [3.05, 3.63) is 35.9 Å². The van der Waals surface area contributed by atoms with Crippen LogP contribution < -0.4 is 5.32 Å². The van der Waals surface area contributed by atoms with E-state index in [9.17, 15) is 9.59 Å². The van der Waals surface area contributed by atoms with Crippen molar-refractivity contribution in [2.24, 2.45) is 5.92 Å². The van der Waals surface area contributed by atoms with Crippen LogP contribution in [-0.4, -0.2) is 25.0 Å². The largest absolute Gasteiger partial charge is 0.467 e. The van der Waals surface area contributed by atoms with Crippen molar-refractivity contribution < 1.29 is 14.3 Å². The molecule has 1 aliphatic carbocycles. The minimum absolute atomic E-state index is 0.00528. The van der Waals surface area contributed by atoms with Crippen LogP contribution in [0.5, 0.6) is 0 Å². The molecule has 0 radical (unpaired) electrons. The molecule has 1 aliphatic rings. The van der Waals surface area contributed by atoms with Crippen molar-refractivity contribution >= 4 is 11.9 Å². The third-order valence-corrected chi connectivity index (χ3v) is 4.38. The van der Waals surface area contributed by atoms with Gasteiger partial charge in [0.15, 0.2) is 0 Å². The van der Waals surface area contributed by atoms with E-state index in [1.165, 1.54) is 7.11 Å². The molecule has 4 heteroatoms. The number of carbonyl (C=O) groups excluding carboxylic acids is 2. The molecule has 0 aliphatic heterocycles. The van der Waals surface area contributed by atoms with Gasteiger partial charge in [-0.25, -0.2) is 4.79 Å². The summed E-state index contributed by atoms with van der Waals surface area (Å²) < 4.78 is 4.79. The van der Waals surface area contributed by atoms with Crippen LogP contribution in [0.3, 0.4) is 0 Å². The van der Waals surface area contributed by atoms with E-state index in [0.29, 0.717) is 0 Å². The van der Waals surface area contributed by atoms with Crippen LogP contribution in [-0.2, 0) is 19.7 Å². The van der Waals surface area contributed by atoms with Gasteiger partial charge in [0.25, 0.3) is 0 Å². The number of methoxy groups -OCH3 is 1. The second-order valence-corrected chi connectivity index (χ2v) is 6.02. The molecule has 1 N–H and O–H groups in total. The highest BCUT2D eigenvalue weighted by molar-refractivity contribution is 5.92. The Morgan fingerprint density at radius 3 is 2.24 bits per heavy atom. The van der Waals surface area contributed by atoms with Crippen molar-refractivity contribution in [1.29, 1.82) is 0 Å². The van der Waals surface area contributed by atoms with E-state index in [0.717, 1.165) is 24.8 Å². The molecule has 1 aromatic carbocycles. The molecule has 0 spiro atoms. The van der Waals surface area contributed by atoms with Crippen molar-refractivity contribution in [3.63, 3.8) is 0 Å². The Hall–Kier alpha value is -1.84. The standard InChI is InChI=1S/C17H23NO3/c1-12(2)14(15(19)21-3)18-16(20)17(10-7-11-17)13-8-5-4-6-9-13/h4-6,8-9,12,14H,7,10-11H2,1-3H3,(H,18,20). The predicted molar refractivity (Wildman–Crippen MR) is 80.8 cm³/mol. The Balaban J connectivity index is 2.19. The number of hydrogen-bond acceptors (Lipinski definition) is 3. The maximum Gasteiger partial charge on any atom is 0.328 e. The average molecular weight is 289 g/mol. The minimum Gasteiger partial charge on any atom is -0.467 e. The second-order valence-electron chi connectivity index (χ2n) is 6.02. The van der Waals surface area contributed by atoms with Gasteiger partial charge in [0.1, 0.15) is 6.04 Å². The Morgan fingerprint density at radius 1 is 1.19 bits per heavy atom. The highest BCUT2D eigenvalue weighted by Gasteiger charge is 2.46. The maximum atomic E-state index is 12.8. The molecule has 1 atom stereocenters. The third kappa shape index (κ3) is 2.94. The lowest BCUT2D eigenvalue weighted by molar-refractivity contribution is -0.147. The van der Waals surface area contributed by atoms with E-state index in [2.05, 4.69) is 5.32 Å². The van der Waals surface area contributed by atoms with Crippen molar-refractivity contribution in [2.75, 3.05) is 7.11 Å². The van der Waals surface area contributed by atoms with Crippen LogP contribution in [0.15, 0.2) is 30.3 Å². The quantitative estimate of drug-likeness (QED) is 0.847. The molecule has 0 saturated heterocycles. The number of amides is 1. The van der Waals surface area contributed by atoms with Crippen LogP contribution in [0.4, 0.5) is 0 Å². The molecule has 1 unspecified atom stereocenters. The van der Waals surface area contributed by atoms with Crippen molar-refractivity contribution in [2.45, 2.75) is 44.6 Å². The number of esters is 1. The highest BCUT2D eigenvalue weighted by atomic mass is 16.5. The normalized spacial score (nSPS) is 17.7. The zero-order valence-electron chi connectivity index (χ0n) is 12.9. The smallest absolute Gasteiger partial charge is 0.328 e. The van der Waals surface area contributed by atoms with Gasteiger partial charge < -0.3 is 10.1 Å². The lowest BCUT2D eigenvalue weighted by Crippen LogP contribution is -2.55. The molecular weight excluding hydrogens is 266 g/mol. The summed E-state index contributed by atoms with van der Waals surface area (Å²) in [7, 11) is 1.35. The first-order chi connectivity index (χ1) is 10.0. The Labute approximate surface area is 125 Å². The van der Waals surface area contributed by atoms with E-state index in [4.69, 9.17) is 4.74 Å². The highest BCUT2D eigenvalue weighted by Crippen LogP contribution is 2.44. The number of benzene rings is 1. The number of hydrogen-bond donors (Lipinski definition) is 1. The summed E-state index contributed by atoms with van der Waals surface area (Å²) in [5.41, 5.74) is 0.545.